The van der Waals surface area contributed by atoms with Gasteiger partial charge in [-0.1, -0.05) is 12.1 Å². The zero-order valence-corrected chi connectivity index (χ0v) is 11.3. The van der Waals surface area contributed by atoms with Crippen molar-refractivity contribution in [3.63, 3.8) is 0 Å². The normalized spacial score (nSPS) is 10.1. The summed E-state index contributed by atoms with van der Waals surface area (Å²) in [5.74, 6) is 0.567. The number of carbonyl (C=O) groups excluding carboxylic acids is 1. The number of anilines is 1. The monoisotopic (exact) mass is 273 g/mol. The molecule has 104 valence electrons. The Balaban J connectivity index is 2.07. The molecule has 20 heavy (non-hydrogen) atoms. The first-order valence-electron chi connectivity index (χ1n) is 6.13. The Kier molecular flexibility index (Phi) is 4.20. The van der Waals surface area contributed by atoms with Crippen molar-refractivity contribution in [3.8, 4) is 5.75 Å². The Labute approximate surface area is 116 Å². The first kappa shape index (κ1) is 13.9. The van der Waals surface area contributed by atoms with Crippen LogP contribution in [0.15, 0.2) is 45.8 Å². The number of aryl methyl sites for hydroxylation is 1. The molecule has 1 aromatic carbocycles. The van der Waals surface area contributed by atoms with Gasteiger partial charge in [-0.3, -0.25) is 9.59 Å². The Morgan fingerprint density at radius 1 is 1.35 bits per heavy atom. The van der Waals surface area contributed by atoms with Crippen LogP contribution in [0.25, 0.3) is 0 Å². The van der Waals surface area contributed by atoms with Crippen LogP contribution < -0.4 is 15.5 Å². The molecule has 0 radical (unpaired) electrons. The summed E-state index contributed by atoms with van der Waals surface area (Å²) in [6.45, 7) is 3.37. The van der Waals surface area contributed by atoms with Crippen LogP contribution in [0.1, 0.15) is 18.2 Å². The average Bonchev–Trinajstić information content (AvgIpc) is 2.37. The van der Waals surface area contributed by atoms with E-state index in [1.54, 1.807) is 19.1 Å². The molecule has 0 fully saturated rings. The minimum absolute atomic E-state index is 0.137. The zero-order valence-electron chi connectivity index (χ0n) is 11.3. The molecule has 0 bridgehead atoms. The van der Waals surface area contributed by atoms with Crippen LogP contribution in [0, 0.1) is 6.92 Å². The molecule has 0 aliphatic heterocycles. The first-order chi connectivity index (χ1) is 9.54. The molecule has 1 amide bonds. The van der Waals surface area contributed by atoms with Crippen LogP contribution in [0.5, 0.6) is 5.75 Å². The molecule has 0 saturated carbocycles. The fourth-order valence-electron chi connectivity index (χ4n) is 1.70. The maximum atomic E-state index is 11.6. The van der Waals surface area contributed by atoms with Gasteiger partial charge in [-0.15, -0.1) is 0 Å². The molecule has 0 aliphatic carbocycles. The van der Waals surface area contributed by atoms with E-state index in [4.69, 9.17) is 9.15 Å². The van der Waals surface area contributed by atoms with Crippen molar-refractivity contribution in [3.05, 3.63) is 58.1 Å². The third-order valence-electron chi connectivity index (χ3n) is 2.57. The maximum Gasteiger partial charge on any atom is 0.226 e. The highest BCUT2D eigenvalue weighted by Gasteiger charge is 2.04. The molecule has 5 nitrogen and oxygen atoms in total. The number of ether oxygens (including phenoxy) is 1. The van der Waals surface area contributed by atoms with E-state index in [2.05, 4.69) is 5.32 Å². The summed E-state index contributed by atoms with van der Waals surface area (Å²) in [4.78, 5) is 22.6. The molecular weight excluding hydrogens is 258 g/mol. The fourth-order valence-corrected chi connectivity index (χ4v) is 1.70. The lowest BCUT2D eigenvalue weighted by molar-refractivity contribution is -0.114. The third-order valence-corrected chi connectivity index (χ3v) is 2.57. The molecule has 2 aromatic rings. The highest BCUT2D eigenvalue weighted by Crippen LogP contribution is 2.13. The second-order valence-corrected chi connectivity index (χ2v) is 4.39. The summed E-state index contributed by atoms with van der Waals surface area (Å²) in [6.07, 6.45) is 1.30. The second kappa shape index (κ2) is 6.06. The van der Waals surface area contributed by atoms with Crippen molar-refractivity contribution < 1.29 is 13.9 Å². The summed E-state index contributed by atoms with van der Waals surface area (Å²) < 4.78 is 10.5. The van der Waals surface area contributed by atoms with E-state index < -0.39 is 0 Å². The van der Waals surface area contributed by atoms with Crippen LogP contribution in [-0.4, -0.2) is 5.91 Å². The predicted octanol–water partition coefficient (Wildman–Crippen LogP) is 2.49. The van der Waals surface area contributed by atoms with Crippen molar-refractivity contribution in [2.24, 2.45) is 0 Å². The highest BCUT2D eigenvalue weighted by molar-refractivity contribution is 5.88. The van der Waals surface area contributed by atoms with Crippen molar-refractivity contribution in [2.75, 3.05) is 5.32 Å². The number of carbonyl (C=O) groups is 1. The standard InChI is InChI=1S/C15H15NO4/c1-10-6-14(18)15(9-19-10)20-8-12-4-3-5-13(7-12)16-11(2)17/h3-7,9H,8H2,1-2H3,(H,16,17). The predicted molar refractivity (Wildman–Crippen MR) is 74.8 cm³/mol. The minimum Gasteiger partial charge on any atom is -0.482 e. The Morgan fingerprint density at radius 2 is 2.15 bits per heavy atom. The van der Waals surface area contributed by atoms with E-state index in [9.17, 15) is 9.59 Å². The van der Waals surface area contributed by atoms with E-state index in [0.717, 1.165) is 5.56 Å². The van der Waals surface area contributed by atoms with Gasteiger partial charge in [-0.25, -0.2) is 0 Å². The van der Waals surface area contributed by atoms with E-state index in [1.807, 2.05) is 12.1 Å². The van der Waals surface area contributed by atoms with Crippen molar-refractivity contribution in [2.45, 2.75) is 20.5 Å². The number of hydrogen-bond donors (Lipinski definition) is 1. The van der Waals surface area contributed by atoms with E-state index in [-0.39, 0.29) is 23.7 Å². The van der Waals surface area contributed by atoms with Gasteiger partial charge in [0.05, 0.1) is 0 Å². The van der Waals surface area contributed by atoms with Gasteiger partial charge in [0.25, 0.3) is 0 Å². The van der Waals surface area contributed by atoms with Gasteiger partial charge >= 0.3 is 0 Å². The van der Waals surface area contributed by atoms with Gasteiger partial charge in [-0.05, 0) is 24.6 Å². The quantitative estimate of drug-likeness (QED) is 0.929. The van der Waals surface area contributed by atoms with Gasteiger partial charge in [0.15, 0.2) is 0 Å². The minimum atomic E-state index is -0.216. The van der Waals surface area contributed by atoms with Crippen LogP contribution in [0.3, 0.4) is 0 Å². The van der Waals surface area contributed by atoms with Gasteiger partial charge in [0.2, 0.25) is 17.1 Å². The second-order valence-electron chi connectivity index (χ2n) is 4.39. The molecule has 0 spiro atoms. The molecule has 1 aromatic heterocycles. The topological polar surface area (TPSA) is 68.5 Å². The highest BCUT2D eigenvalue weighted by atomic mass is 16.5. The molecule has 0 unspecified atom stereocenters. The molecular formula is C15H15NO4. The molecule has 1 N–H and O–H groups in total. The lowest BCUT2D eigenvalue weighted by Crippen LogP contribution is -2.08. The van der Waals surface area contributed by atoms with Crippen molar-refractivity contribution in [1.29, 1.82) is 0 Å². The largest absolute Gasteiger partial charge is 0.482 e. The molecule has 0 aliphatic rings. The van der Waals surface area contributed by atoms with Gasteiger partial charge in [0.1, 0.15) is 18.6 Å². The number of nitrogens with one attached hydrogen (secondary N) is 1. The Hall–Kier alpha value is -2.56. The van der Waals surface area contributed by atoms with Crippen LogP contribution in [0.4, 0.5) is 5.69 Å². The average molecular weight is 273 g/mol. The van der Waals surface area contributed by atoms with Crippen molar-refractivity contribution >= 4 is 11.6 Å². The number of amides is 1. The van der Waals surface area contributed by atoms with E-state index in [1.165, 1.54) is 19.3 Å². The smallest absolute Gasteiger partial charge is 0.226 e. The van der Waals surface area contributed by atoms with Crippen LogP contribution in [0.2, 0.25) is 0 Å². The number of rotatable bonds is 4. The van der Waals surface area contributed by atoms with E-state index in [0.29, 0.717) is 11.4 Å². The van der Waals surface area contributed by atoms with E-state index >= 15 is 0 Å². The van der Waals surface area contributed by atoms with Gasteiger partial charge < -0.3 is 14.5 Å². The molecule has 0 atom stereocenters. The lowest BCUT2D eigenvalue weighted by Gasteiger charge is -2.07. The maximum absolute atomic E-state index is 11.6. The lowest BCUT2D eigenvalue weighted by atomic mass is 10.2. The molecule has 1 heterocycles. The molecule has 0 saturated heterocycles. The summed E-state index contributed by atoms with van der Waals surface area (Å²) >= 11 is 0. The summed E-state index contributed by atoms with van der Waals surface area (Å²) in [5, 5.41) is 2.69. The van der Waals surface area contributed by atoms with Gasteiger partial charge in [0, 0.05) is 18.7 Å². The van der Waals surface area contributed by atoms with Crippen molar-refractivity contribution in [1.82, 2.24) is 0 Å². The molecule has 5 heteroatoms. The summed E-state index contributed by atoms with van der Waals surface area (Å²) in [6, 6.07) is 8.61. The summed E-state index contributed by atoms with van der Waals surface area (Å²) in [5.41, 5.74) is 1.32. The first-order valence-corrected chi connectivity index (χ1v) is 6.13. The Morgan fingerprint density at radius 3 is 2.85 bits per heavy atom. The summed E-state index contributed by atoms with van der Waals surface area (Å²) in [7, 11) is 0. The molecule has 2 rings (SSSR count). The number of benzene rings is 1. The third kappa shape index (κ3) is 3.71. The zero-order chi connectivity index (χ0) is 14.5. The number of hydrogen-bond acceptors (Lipinski definition) is 4. The Bertz CT molecular complexity index is 676. The fraction of sp³-hybridized carbons (Fsp3) is 0.200. The SMILES string of the molecule is CC(=O)Nc1cccc(COc2coc(C)cc2=O)c1. The van der Waals surface area contributed by atoms with Gasteiger partial charge in [-0.2, -0.15) is 0 Å². The van der Waals surface area contributed by atoms with Crippen LogP contribution >= 0.6 is 0 Å². The van der Waals surface area contributed by atoms with Crippen LogP contribution in [-0.2, 0) is 11.4 Å².